The molecule has 0 N–H and O–H groups in total. The molecule has 24 heavy (non-hydrogen) atoms. The monoisotopic (exact) mass is 331 g/mol. The van der Waals surface area contributed by atoms with Gasteiger partial charge in [-0.05, 0) is 48.7 Å². The van der Waals surface area contributed by atoms with Crippen LogP contribution in [-0.2, 0) is 11.3 Å². The minimum absolute atomic E-state index is 0.0682. The average Bonchev–Trinajstić information content (AvgIpc) is 2.61. The Kier molecular flexibility index (Phi) is 5.20. The van der Waals surface area contributed by atoms with Crippen molar-refractivity contribution in [2.24, 2.45) is 0 Å². The van der Waals surface area contributed by atoms with Crippen LogP contribution in [0.4, 0.5) is 8.78 Å². The third-order valence-electron chi connectivity index (χ3n) is 4.14. The average molecular weight is 331 g/mol. The van der Waals surface area contributed by atoms with Gasteiger partial charge in [-0.1, -0.05) is 18.2 Å². The van der Waals surface area contributed by atoms with Crippen LogP contribution in [0.25, 0.3) is 0 Å². The van der Waals surface area contributed by atoms with Crippen molar-refractivity contribution in [2.45, 2.75) is 25.6 Å². The van der Waals surface area contributed by atoms with E-state index >= 15 is 0 Å². The van der Waals surface area contributed by atoms with Crippen LogP contribution in [-0.4, -0.2) is 30.0 Å². The van der Waals surface area contributed by atoms with Crippen molar-refractivity contribution in [3.63, 3.8) is 0 Å². The Hall–Kier alpha value is -2.27. The SMILES string of the molecule is O=C(c1cccc(F)c1)N1CCCC(OCc2ccc(F)cc2)C1. The van der Waals surface area contributed by atoms with E-state index in [0.717, 1.165) is 18.4 Å². The molecule has 0 saturated carbocycles. The molecule has 126 valence electrons. The molecule has 1 saturated heterocycles. The van der Waals surface area contributed by atoms with E-state index in [1.165, 1.54) is 30.3 Å². The first-order chi connectivity index (χ1) is 11.6. The maximum absolute atomic E-state index is 13.3. The summed E-state index contributed by atoms with van der Waals surface area (Å²) in [6, 6.07) is 11.9. The number of nitrogens with zero attached hydrogens (tertiary/aromatic N) is 1. The van der Waals surface area contributed by atoms with Crippen LogP contribution in [0, 0.1) is 11.6 Å². The molecule has 3 nitrogen and oxygen atoms in total. The zero-order chi connectivity index (χ0) is 16.9. The van der Waals surface area contributed by atoms with E-state index in [0.29, 0.717) is 25.3 Å². The van der Waals surface area contributed by atoms with Crippen molar-refractivity contribution in [2.75, 3.05) is 13.1 Å². The smallest absolute Gasteiger partial charge is 0.254 e. The number of rotatable bonds is 4. The molecule has 1 aliphatic rings. The fourth-order valence-electron chi connectivity index (χ4n) is 2.86. The van der Waals surface area contributed by atoms with Crippen molar-refractivity contribution in [1.82, 2.24) is 4.90 Å². The van der Waals surface area contributed by atoms with E-state index in [9.17, 15) is 13.6 Å². The molecule has 1 heterocycles. The highest BCUT2D eigenvalue weighted by molar-refractivity contribution is 5.94. The first kappa shape index (κ1) is 16.6. The van der Waals surface area contributed by atoms with E-state index in [1.54, 1.807) is 23.1 Å². The van der Waals surface area contributed by atoms with Crippen LogP contribution in [0.1, 0.15) is 28.8 Å². The van der Waals surface area contributed by atoms with E-state index < -0.39 is 5.82 Å². The highest BCUT2D eigenvalue weighted by Gasteiger charge is 2.25. The summed E-state index contributed by atoms with van der Waals surface area (Å²) < 4.78 is 32.0. The molecule has 0 aromatic heterocycles. The number of halogens is 2. The number of carbonyl (C=O) groups excluding carboxylic acids is 1. The summed E-state index contributed by atoms with van der Waals surface area (Å²) in [5, 5.41) is 0. The number of benzene rings is 2. The van der Waals surface area contributed by atoms with Crippen molar-refractivity contribution >= 4 is 5.91 Å². The maximum atomic E-state index is 13.3. The van der Waals surface area contributed by atoms with Gasteiger partial charge in [0.15, 0.2) is 0 Å². The van der Waals surface area contributed by atoms with Gasteiger partial charge in [-0.3, -0.25) is 4.79 Å². The van der Waals surface area contributed by atoms with Crippen LogP contribution < -0.4 is 0 Å². The lowest BCUT2D eigenvalue weighted by Crippen LogP contribution is -2.43. The lowest BCUT2D eigenvalue weighted by Gasteiger charge is -2.32. The van der Waals surface area contributed by atoms with Crippen LogP contribution in [0.3, 0.4) is 0 Å². The molecule has 0 bridgehead atoms. The molecule has 2 aromatic rings. The fraction of sp³-hybridized carbons (Fsp3) is 0.316. The Bertz CT molecular complexity index is 703. The van der Waals surface area contributed by atoms with Gasteiger partial charge >= 0.3 is 0 Å². The van der Waals surface area contributed by atoms with Crippen molar-refractivity contribution in [3.8, 4) is 0 Å². The largest absolute Gasteiger partial charge is 0.372 e. The van der Waals surface area contributed by atoms with Gasteiger partial charge in [0.25, 0.3) is 5.91 Å². The lowest BCUT2D eigenvalue weighted by molar-refractivity contribution is -0.00675. The van der Waals surface area contributed by atoms with Gasteiger partial charge in [0.1, 0.15) is 11.6 Å². The Morgan fingerprint density at radius 1 is 1.12 bits per heavy atom. The summed E-state index contributed by atoms with van der Waals surface area (Å²) in [6.07, 6.45) is 1.64. The zero-order valence-corrected chi connectivity index (χ0v) is 13.3. The summed E-state index contributed by atoms with van der Waals surface area (Å²) in [5.74, 6) is -0.866. The summed E-state index contributed by atoms with van der Waals surface area (Å²) in [7, 11) is 0. The van der Waals surface area contributed by atoms with Crippen LogP contribution >= 0.6 is 0 Å². The van der Waals surface area contributed by atoms with Crippen LogP contribution in [0.2, 0.25) is 0 Å². The number of amides is 1. The van der Waals surface area contributed by atoms with Gasteiger partial charge in [-0.25, -0.2) is 8.78 Å². The molecule has 1 aliphatic heterocycles. The second-order valence-electron chi connectivity index (χ2n) is 5.96. The van der Waals surface area contributed by atoms with Crippen LogP contribution in [0.5, 0.6) is 0 Å². The Labute approximate surface area is 139 Å². The number of piperidine rings is 1. The van der Waals surface area contributed by atoms with Gasteiger partial charge in [-0.2, -0.15) is 0 Å². The summed E-state index contributed by atoms with van der Waals surface area (Å²) in [4.78, 5) is 14.2. The van der Waals surface area contributed by atoms with Gasteiger partial charge in [-0.15, -0.1) is 0 Å². The molecule has 1 atom stereocenters. The van der Waals surface area contributed by atoms with E-state index in [2.05, 4.69) is 0 Å². The van der Waals surface area contributed by atoms with Gasteiger partial charge in [0.2, 0.25) is 0 Å². The lowest BCUT2D eigenvalue weighted by atomic mass is 10.1. The van der Waals surface area contributed by atoms with Crippen molar-refractivity contribution in [1.29, 1.82) is 0 Å². The number of hydrogen-bond acceptors (Lipinski definition) is 2. The van der Waals surface area contributed by atoms with Gasteiger partial charge < -0.3 is 9.64 Å². The second-order valence-corrected chi connectivity index (χ2v) is 5.96. The number of likely N-dealkylation sites (tertiary alicyclic amines) is 1. The molecule has 1 amide bonds. The van der Waals surface area contributed by atoms with Crippen molar-refractivity contribution < 1.29 is 18.3 Å². The van der Waals surface area contributed by atoms with Gasteiger partial charge in [0, 0.05) is 18.7 Å². The van der Waals surface area contributed by atoms with Crippen LogP contribution in [0.15, 0.2) is 48.5 Å². The van der Waals surface area contributed by atoms with E-state index in [1.807, 2.05) is 0 Å². The van der Waals surface area contributed by atoms with E-state index in [4.69, 9.17) is 4.74 Å². The normalized spacial score (nSPS) is 17.8. The number of hydrogen-bond donors (Lipinski definition) is 0. The fourth-order valence-corrected chi connectivity index (χ4v) is 2.86. The number of ether oxygens (including phenoxy) is 1. The topological polar surface area (TPSA) is 29.5 Å². The Morgan fingerprint density at radius 3 is 2.67 bits per heavy atom. The highest BCUT2D eigenvalue weighted by Crippen LogP contribution is 2.18. The predicted molar refractivity (Wildman–Crippen MR) is 86.5 cm³/mol. The summed E-state index contributed by atoms with van der Waals surface area (Å²) in [6.45, 7) is 1.51. The summed E-state index contributed by atoms with van der Waals surface area (Å²) >= 11 is 0. The zero-order valence-electron chi connectivity index (χ0n) is 13.3. The molecule has 0 radical (unpaired) electrons. The molecular formula is C19H19F2NO2. The maximum Gasteiger partial charge on any atom is 0.254 e. The second kappa shape index (κ2) is 7.53. The molecule has 1 fully saturated rings. The molecule has 0 spiro atoms. The molecule has 3 rings (SSSR count). The summed E-state index contributed by atoms with van der Waals surface area (Å²) in [5.41, 5.74) is 1.25. The Balaban J connectivity index is 1.57. The molecule has 5 heteroatoms. The Morgan fingerprint density at radius 2 is 1.92 bits per heavy atom. The van der Waals surface area contributed by atoms with E-state index in [-0.39, 0.29) is 17.8 Å². The molecule has 2 aromatic carbocycles. The highest BCUT2D eigenvalue weighted by atomic mass is 19.1. The third kappa shape index (κ3) is 4.17. The molecule has 1 unspecified atom stereocenters. The minimum atomic E-state index is -0.415. The number of carbonyl (C=O) groups is 1. The quantitative estimate of drug-likeness (QED) is 0.853. The standard InChI is InChI=1S/C19H19F2NO2/c20-16-8-6-14(7-9-16)13-24-18-5-2-10-22(12-18)19(23)15-3-1-4-17(21)11-15/h1,3-4,6-9,11,18H,2,5,10,12-13H2. The predicted octanol–water partition coefficient (Wildman–Crippen LogP) is 3.79. The first-order valence-corrected chi connectivity index (χ1v) is 8.03. The molecule has 0 aliphatic carbocycles. The third-order valence-corrected chi connectivity index (χ3v) is 4.14. The minimum Gasteiger partial charge on any atom is -0.372 e. The van der Waals surface area contributed by atoms with Gasteiger partial charge in [0.05, 0.1) is 12.7 Å². The molecular weight excluding hydrogens is 312 g/mol. The van der Waals surface area contributed by atoms with Crippen molar-refractivity contribution in [3.05, 3.63) is 71.3 Å². The first-order valence-electron chi connectivity index (χ1n) is 8.03.